The lowest BCUT2D eigenvalue weighted by Crippen LogP contribution is -2.42. The zero-order chi connectivity index (χ0) is 101. The summed E-state index contributed by atoms with van der Waals surface area (Å²) in [7, 11) is -1.65. The zero-order valence-corrected chi connectivity index (χ0v) is 85.5. The number of nitrogens with zero attached hydrogens (tertiary/aromatic N) is 6. The molecule has 0 fully saturated rings. The van der Waals surface area contributed by atoms with E-state index in [9.17, 15) is 43.6 Å². The zero-order valence-electron chi connectivity index (χ0n) is 82.5. The molecule has 0 radical (unpaired) electrons. The second-order valence-corrected chi connectivity index (χ2v) is 38.7. The van der Waals surface area contributed by atoms with Gasteiger partial charge in [0, 0.05) is 107 Å². The average Bonchev–Trinajstić information content (AvgIpc) is 0.678. The molecule has 22 nitrogen and oxygen atoms in total. The van der Waals surface area contributed by atoms with Crippen LogP contribution in [0.5, 0.6) is 0 Å². The van der Waals surface area contributed by atoms with Crippen LogP contribution >= 0.6 is 46.4 Å². The van der Waals surface area contributed by atoms with E-state index in [-0.39, 0.29) is 81.9 Å². The first-order valence-electron chi connectivity index (χ1n) is 48.2. The number of rotatable bonds is 38. The number of hydrogen-bond donors (Lipinski definition) is 9. The molecule has 4 atom stereocenters. The van der Waals surface area contributed by atoms with E-state index in [1.165, 1.54) is 0 Å². The van der Waals surface area contributed by atoms with Crippen LogP contribution in [-0.2, 0) is 31.0 Å². The van der Waals surface area contributed by atoms with E-state index in [0.717, 1.165) is 103 Å². The summed E-state index contributed by atoms with van der Waals surface area (Å²) in [6.07, 6.45) is 3.44. The van der Waals surface area contributed by atoms with Crippen molar-refractivity contribution in [2.45, 2.75) is 166 Å². The smallest absolute Gasteiger partial charge is 0.373 e. The molecule has 140 heavy (non-hydrogen) atoms. The van der Waals surface area contributed by atoms with Crippen LogP contribution in [0.4, 0.5) is 0 Å². The van der Waals surface area contributed by atoms with E-state index in [4.69, 9.17) is 62.9 Å². The number of carbonyl (C=O) groups is 3. The number of nitrogens with one attached hydrogen (secondary N) is 4. The Hall–Kier alpha value is -11.4. The normalized spacial score (nSPS) is 12.1. The van der Waals surface area contributed by atoms with Crippen LogP contribution in [0.25, 0.3) is 43.1 Å². The fraction of sp³-hybridized carbons (Fsp3) is 0.324. The largest absolute Gasteiger partial charge is 0.437 e. The van der Waals surface area contributed by atoms with Crippen LogP contribution < -0.4 is 54.7 Å². The highest BCUT2D eigenvalue weighted by atomic mass is 35.5. The van der Waals surface area contributed by atoms with Gasteiger partial charge in [0.1, 0.15) is 6.29 Å². The maximum Gasteiger partial charge on any atom is 0.373 e. The van der Waals surface area contributed by atoms with Crippen molar-refractivity contribution in [2.24, 2.45) is 35.1 Å². The van der Waals surface area contributed by atoms with Crippen LogP contribution in [0.1, 0.15) is 182 Å². The van der Waals surface area contributed by atoms with Crippen molar-refractivity contribution in [3.63, 3.8) is 0 Å². The van der Waals surface area contributed by atoms with Gasteiger partial charge < -0.3 is 80.4 Å². The Morgan fingerprint density at radius 3 is 0.986 bits per heavy atom. The van der Waals surface area contributed by atoms with E-state index in [0.29, 0.717) is 131 Å². The van der Waals surface area contributed by atoms with Crippen LogP contribution in [0.15, 0.2) is 286 Å². The Labute approximate surface area is 843 Å². The molecule has 0 saturated heterocycles. The number of aryl methyl sites for hydroxylation is 2. The minimum atomic E-state index is -0.636. The lowest BCUT2D eigenvalue weighted by atomic mass is 9.89. The Bertz CT molecular complexity index is 6640. The first-order chi connectivity index (χ1) is 67.0. The summed E-state index contributed by atoms with van der Waals surface area (Å²) in [5.41, 5.74) is 23.0. The number of aldehydes is 1. The molecule has 0 saturated carbocycles. The van der Waals surface area contributed by atoms with Crippen LogP contribution in [0, 0.1) is 37.5 Å². The summed E-state index contributed by atoms with van der Waals surface area (Å²) in [5.74, 6) is 0.367. The summed E-state index contributed by atoms with van der Waals surface area (Å²) in [6.45, 7) is 31.6. The van der Waals surface area contributed by atoms with Crippen molar-refractivity contribution in [1.82, 2.24) is 49.1 Å². The van der Waals surface area contributed by atoms with Crippen molar-refractivity contribution in [3.05, 3.63) is 396 Å². The van der Waals surface area contributed by atoms with Gasteiger partial charge in [0.05, 0.1) is 38.3 Å². The molecular weight excluding hydrogens is 1840 g/mol. The van der Waals surface area contributed by atoms with Gasteiger partial charge in [-0.3, -0.25) is 28.8 Å². The molecule has 4 unspecified atom stereocenters. The fourth-order valence-electron chi connectivity index (χ4n) is 17.2. The molecule has 0 aliphatic heterocycles. The van der Waals surface area contributed by atoms with Crippen LogP contribution in [0.2, 0.25) is 40.6 Å². The molecule has 14 rings (SSSR count). The summed E-state index contributed by atoms with van der Waals surface area (Å²) in [4.78, 5) is 95.9. The Kier molecular flexibility index (Phi) is 43.1. The molecule has 14 aromatic rings. The van der Waals surface area contributed by atoms with E-state index in [1.54, 1.807) is 72.1 Å². The van der Waals surface area contributed by atoms with Crippen molar-refractivity contribution >= 4 is 129 Å². The number of amides is 2. The summed E-state index contributed by atoms with van der Waals surface area (Å²) in [6, 6.07) is 83.6. The number of aromatic nitrogens is 4. The highest BCUT2D eigenvalue weighted by molar-refractivity contribution is 6.46. The summed E-state index contributed by atoms with van der Waals surface area (Å²) in [5, 5.41) is 48.1. The van der Waals surface area contributed by atoms with Gasteiger partial charge in [0.2, 0.25) is 0 Å². The lowest BCUT2D eigenvalue weighted by Gasteiger charge is -2.36. The number of pyridine rings is 4. The second-order valence-electron chi connectivity index (χ2n) is 37.0. The summed E-state index contributed by atoms with van der Waals surface area (Å²) < 4.78 is 7.29. The predicted molar refractivity (Wildman–Crippen MR) is 581 cm³/mol. The standard InChI is InChI=1S/C32H37BClN3O3.C31H34ClN3O2.C24H31BClN3O2.C20H21ClN2O.C4H10BNO2/c1-22(2)30(36(18-8-17-35-33(4)40)31(38)25-13-11-23(3)12-14-25)29-20-26-19-27(34)15-16-28(26)32(39)37(29)21-24-9-6-5-7-10-24;1-21(2)29(34(17-7-16-33)30(36)24-12-10-22(3)11-13-24)28-19-25-18-26(32)14-15-27(25)31(37)35(28)20-23-8-5-4-6-9-23;1-17(2)23(27-12-7-13-28-25(3)31)22-15-19-14-20(26)10-11-21(19)24(30)29(22)16-18-8-5-4-6-9-18;1-13(2)19(22)18-11-15-10-16(21)8-9-17(15)20(24)23(18)12-14-6-4-3-5-7-14;1-5(8)6-3-2-4-7/h5-7,9-16,19-20,22,30,35,40H,8,17-18,21H2,1-4H3;4-6,8-15,18-19,21,29H,7,16-17,20,33H2,1-3H3;4-6,8-11,14-15,17,23,27-28,31H,7,12-13,16H2,1-3H3;3-11,13,19H,12,22H2,1-2H3;4,6,8H,2-3H2,1H3. The van der Waals surface area contributed by atoms with E-state index < -0.39 is 21.2 Å². The van der Waals surface area contributed by atoms with Gasteiger partial charge >= 0.3 is 21.2 Å². The molecule has 0 bridgehead atoms. The average molecular weight is 1970 g/mol. The molecule has 734 valence electrons. The SMILES string of the molecule is CB(O)NCCC=O.CB(O)NCCCN(C(=O)c1ccc(C)cc1)C(c1cc2cc(Cl)ccc2c(=O)n1Cc1ccccc1)C(C)C.CB(O)NCCCNC(c1cc2cc(Cl)ccc2c(=O)n1Cc1ccccc1)C(C)C.CC(C)C(N)c1cc2cc(Cl)ccc2c(=O)n1Cc1ccccc1.Cc1ccc(C(=O)N(CCCN)C(c2cc3cc(Cl)ccc3c(=O)n2Cc2ccccc2)C(C)C)cc1. The molecule has 11 N–H and O–H groups in total. The molecule has 2 amide bonds. The maximum absolute atomic E-state index is 14.1. The maximum atomic E-state index is 14.1. The highest BCUT2D eigenvalue weighted by Gasteiger charge is 2.35. The van der Waals surface area contributed by atoms with Gasteiger partial charge in [-0.25, -0.2) is 0 Å². The number of nitrogens with two attached hydrogens (primary N) is 2. The van der Waals surface area contributed by atoms with Crippen LogP contribution in [0.3, 0.4) is 0 Å². The third-order valence-electron chi connectivity index (χ3n) is 24.3. The molecule has 4 heterocycles. The van der Waals surface area contributed by atoms with Crippen molar-refractivity contribution in [3.8, 4) is 0 Å². The minimum absolute atomic E-state index is 0.00261. The Morgan fingerprint density at radius 2 is 0.679 bits per heavy atom. The molecule has 0 aliphatic carbocycles. The molecular formula is C111H133B3Cl4N12O10. The van der Waals surface area contributed by atoms with Crippen molar-refractivity contribution < 1.29 is 29.5 Å². The summed E-state index contributed by atoms with van der Waals surface area (Å²) >= 11 is 25.0. The first-order valence-corrected chi connectivity index (χ1v) is 49.7. The van der Waals surface area contributed by atoms with E-state index >= 15 is 0 Å². The number of benzene rings is 10. The van der Waals surface area contributed by atoms with Gasteiger partial charge in [0.25, 0.3) is 34.1 Å². The monoisotopic (exact) mass is 1970 g/mol. The highest BCUT2D eigenvalue weighted by Crippen LogP contribution is 2.37. The minimum Gasteiger partial charge on any atom is -0.437 e. The van der Waals surface area contributed by atoms with Crippen LogP contribution in [-0.4, -0.2) is 128 Å². The van der Waals surface area contributed by atoms with Crippen molar-refractivity contribution in [2.75, 3.05) is 45.8 Å². The predicted octanol–water partition coefficient (Wildman–Crippen LogP) is 19.9. The number of fused-ring (bicyclic) bond motifs is 4. The number of carbonyl (C=O) groups excluding carboxylic acids is 3. The number of halogens is 4. The lowest BCUT2D eigenvalue weighted by molar-refractivity contribution is -0.107. The van der Waals surface area contributed by atoms with E-state index in [2.05, 4.69) is 82.5 Å². The van der Waals surface area contributed by atoms with Gasteiger partial charge in [0.15, 0.2) is 0 Å². The topological polar surface area (TPSA) is 307 Å². The Balaban J connectivity index is 0.000000189. The van der Waals surface area contributed by atoms with Gasteiger partial charge in [-0.15, -0.1) is 0 Å². The quantitative estimate of drug-likeness (QED) is 0.00987. The van der Waals surface area contributed by atoms with Crippen molar-refractivity contribution in [1.29, 1.82) is 0 Å². The fourth-order valence-corrected chi connectivity index (χ4v) is 17.9. The number of hydrogen-bond acceptors (Lipinski definition) is 16. The second kappa shape index (κ2) is 54.6. The third-order valence-corrected chi connectivity index (χ3v) is 25.3. The molecule has 10 aromatic carbocycles. The van der Waals surface area contributed by atoms with E-state index in [1.807, 2.05) is 251 Å². The molecule has 29 heteroatoms. The van der Waals surface area contributed by atoms with Gasteiger partial charge in [-0.2, -0.15) is 0 Å². The first kappa shape index (κ1) is 111. The van der Waals surface area contributed by atoms with Gasteiger partial charge in [-0.1, -0.05) is 259 Å². The molecule has 0 aliphatic rings. The van der Waals surface area contributed by atoms with Gasteiger partial charge in [-0.05, 0) is 275 Å². The third kappa shape index (κ3) is 31.3. The Morgan fingerprint density at radius 1 is 0.379 bits per heavy atom. The molecule has 4 aromatic heterocycles. The molecule has 0 spiro atoms.